The van der Waals surface area contributed by atoms with Crippen LogP contribution >= 0.6 is 0 Å². The van der Waals surface area contributed by atoms with Crippen LogP contribution in [0.25, 0.3) is 0 Å². The van der Waals surface area contributed by atoms with Crippen LogP contribution in [0.5, 0.6) is 0 Å². The maximum Gasteiger partial charge on any atom is 0.150 e. The number of aryl methyl sites for hydroxylation is 1. The van der Waals surface area contributed by atoms with Crippen LogP contribution in [-0.4, -0.2) is 39.5 Å². The number of anilines is 2. The van der Waals surface area contributed by atoms with Gasteiger partial charge in [-0.2, -0.15) is 0 Å². The fraction of sp³-hybridized carbons (Fsp3) is 0.550. The van der Waals surface area contributed by atoms with E-state index in [1.165, 1.54) is 19.4 Å². The Balaban J connectivity index is 1.71. The average Bonchev–Trinajstić information content (AvgIpc) is 2.56. The third kappa shape index (κ3) is 4.98. The third-order valence-electron chi connectivity index (χ3n) is 4.53. The summed E-state index contributed by atoms with van der Waals surface area (Å²) in [4.78, 5) is 16.2. The van der Waals surface area contributed by atoms with Gasteiger partial charge >= 0.3 is 0 Å². The quantitative estimate of drug-likeness (QED) is 0.907. The monoisotopic (exact) mass is 339 g/mol. The van der Waals surface area contributed by atoms with Gasteiger partial charge in [-0.15, -0.1) is 0 Å². The number of rotatable bonds is 4. The zero-order chi connectivity index (χ0) is 17.9. The highest BCUT2D eigenvalue weighted by molar-refractivity contribution is 5.54. The van der Waals surface area contributed by atoms with Gasteiger partial charge in [0.25, 0.3) is 0 Å². The maximum atomic E-state index is 4.82. The van der Waals surface area contributed by atoms with Crippen molar-refractivity contribution in [2.24, 2.45) is 5.41 Å². The van der Waals surface area contributed by atoms with Gasteiger partial charge in [0.15, 0.2) is 0 Å². The fourth-order valence-corrected chi connectivity index (χ4v) is 3.49. The predicted molar refractivity (Wildman–Crippen MR) is 102 cm³/mol. The highest BCUT2D eigenvalue weighted by Gasteiger charge is 2.25. The SMILES string of the molecule is Cc1cccnc1Nc1cncc([C@H]2CCCN(CC(C)(C)C)C2)n1. The molecule has 0 bridgehead atoms. The Labute approximate surface area is 150 Å². The normalized spacial score (nSPS) is 19.0. The highest BCUT2D eigenvalue weighted by atomic mass is 15.1. The molecule has 5 nitrogen and oxygen atoms in total. The number of pyridine rings is 1. The maximum absolute atomic E-state index is 4.82. The van der Waals surface area contributed by atoms with E-state index < -0.39 is 0 Å². The molecule has 25 heavy (non-hydrogen) atoms. The zero-order valence-electron chi connectivity index (χ0n) is 15.8. The lowest BCUT2D eigenvalue weighted by atomic mass is 9.91. The van der Waals surface area contributed by atoms with Crippen molar-refractivity contribution in [3.63, 3.8) is 0 Å². The molecular weight excluding hydrogens is 310 g/mol. The third-order valence-corrected chi connectivity index (χ3v) is 4.53. The zero-order valence-corrected chi connectivity index (χ0v) is 15.8. The molecule has 0 aliphatic carbocycles. The van der Waals surface area contributed by atoms with Gasteiger partial charge in [0, 0.05) is 31.4 Å². The molecule has 1 atom stereocenters. The Morgan fingerprint density at radius 1 is 1.28 bits per heavy atom. The predicted octanol–water partition coefficient (Wildman–Crippen LogP) is 4.15. The van der Waals surface area contributed by atoms with Gasteiger partial charge < -0.3 is 10.2 Å². The summed E-state index contributed by atoms with van der Waals surface area (Å²) in [5.41, 5.74) is 2.51. The van der Waals surface area contributed by atoms with Crippen molar-refractivity contribution in [1.82, 2.24) is 19.9 Å². The molecule has 0 spiro atoms. The lowest BCUT2D eigenvalue weighted by molar-refractivity contribution is 0.149. The second-order valence-corrected chi connectivity index (χ2v) is 8.26. The summed E-state index contributed by atoms with van der Waals surface area (Å²) in [5.74, 6) is 2.06. The molecule has 1 aliphatic rings. The van der Waals surface area contributed by atoms with E-state index in [0.29, 0.717) is 11.3 Å². The lowest BCUT2D eigenvalue weighted by Gasteiger charge is -2.36. The van der Waals surface area contributed by atoms with Gasteiger partial charge in [0.1, 0.15) is 11.6 Å². The molecule has 1 N–H and O–H groups in total. The van der Waals surface area contributed by atoms with Crippen LogP contribution in [0.4, 0.5) is 11.6 Å². The van der Waals surface area contributed by atoms with E-state index in [1.807, 2.05) is 25.3 Å². The van der Waals surface area contributed by atoms with Crippen molar-refractivity contribution < 1.29 is 0 Å². The van der Waals surface area contributed by atoms with Gasteiger partial charge in [0.2, 0.25) is 0 Å². The van der Waals surface area contributed by atoms with Gasteiger partial charge in [-0.1, -0.05) is 26.8 Å². The van der Waals surface area contributed by atoms with E-state index in [1.54, 1.807) is 12.4 Å². The summed E-state index contributed by atoms with van der Waals surface area (Å²) in [7, 11) is 0. The van der Waals surface area contributed by atoms with Gasteiger partial charge in [-0.3, -0.25) is 4.98 Å². The minimum Gasteiger partial charge on any atom is -0.323 e. The second-order valence-electron chi connectivity index (χ2n) is 8.26. The first-order valence-corrected chi connectivity index (χ1v) is 9.14. The molecular formula is C20H29N5. The van der Waals surface area contributed by atoms with Crippen LogP contribution in [0.3, 0.4) is 0 Å². The van der Waals surface area contributed by atoms with E-state index in [4.69, 9.17) is 4.98 Å². The van der Waals surface area contributed by atoms with Crippen LogP contribution in [-0.2, 0) is 0 Å². The van der Waals surface area contributed by atoms with E-state index in [-0.39, 0.29) is 0 Å². The molecule has 2 aromatic heterocycles. The molecule has 1 saturated heterocycles. The van der Waals surface area contributed by atoms with Crippen molar-refractivity contribution in [3.05, 3.63) is 42.0 Å². The number of hydrogen-bond donors (Lipinski definition) is 1. The number of hydrogen-bond acceptors (Lipinski definition) is 5. The molecule has 0 aromatic carbocycles. The summed E-state index contributed by atoms with van der Waals surface area (Å²) in [6.07, 6.45) is 7.88. The molecule has 0 amide bonds. The first kappa shape index (κ1) is 17.8. The fourth-order valence-electron chi connectivity index (χ4n) is 3.49. The molecule has 2 aromatic rings. The molecule has 1 aliphatic heterocycles. The summed E-state index contributed by atoms with van der Waals surface area (Å²) < 4.78 is 0. The molecule has 3 rings (SSSR count). The van der Waals surface area contributed by atoms with Crippen LogP contribution in [0.1, 0.15) is 50.8 Å². The van der Waals surface area contributed by atoms with Crippen LogP contribution in [0.15, 0.2) is 30.7 Å². The molecule has 0 saturated carbocycles. The van der Waals surface area contributed by atoms with Crippen molar-refractivity contribution >= 4 is 11.6 Å². The summed E-state index contributed by atoms with van der Waals surface area (Å²) in [6, 6.07) is 3.98. The van der Waals surface area contributed by atoms with Crippen LogP contribution in [0.2, 0.25) is 0 Å². The van der Waals surface area contributed by atoms with Gasteiger partial charge in [-0.25, -0.2) is 9.97 Å². The highest BCUT2D eigenvalue weighted by Crippen LogP contribution is 2.28. The Morgan fingerprint density at radius 3 is 2.88 bits per heavy atom. The lowest BCUT2D eigenvalue weighted by Crippen LogP contribution is -2.39. The van der Waals surface area contributed by atoms with Crippen molar-refractivity contribution in [2.45, 2.75) is 46.5 Å². The number of nitrogens with one attached hydrogen (secondary N) is 1. The molecule has 3 heterocycles. The number of piperidine rings is 1. The number of likely N-dealkylation sites (tertiary alicyclic amines) is 1. The van der Waals surface area contributed by atoms with E-state index >= 15 is 0 Å². The standard InChI is InChI=1S/C20H29N5/c1-15-7-5-9-22-19(15)24-18-12-21-11-17(23-18)16-8-6-10-25(13-16)14-20(2,3)4/h5,7,9,11-12,16H,6,8,10,13-14H2,1-4H3,(H,22,23,24)/t16-/m0/s1. The van der Waals surface area contributed by atoms with Crippen molar-refractivity contribution in [1.29, 1.82) is 0 Å². The molecule has 1 fully saturated rings. The Bertz CT molecular complexity index is 707. The van der Waals surface area contributed by atoms with E-state index in [9.17, 15) is 0 Å². The van der Waals surface area contributed by atoms with E-state index in [0.717, 1.165) is 36.0 Å². The van der Waals surface area contributed by atoms with Gasteiger partial charge in [-0.05, 0) is 43.4 Å². The summed E-state index contributed by atoms with van der Waals surface area (Å²) in [5, 5.41) is 3.30. The summed E-state index contributed by atoms with van der Waals surface area (Å²) in [6.45, 7) is 12.3. The Morgan fingerprint density at radius 2 is 2.12 bits per heavy atom. The molecule has 134 valence electrons. The van der Waals surface area contributed by atoms with Crippen molar-refractivity contribution in [2.75, 3.05) is 25.0 Å². The minimum atomic E-state index is 0.327. The minimum absolute atomic E-state index is 0.327. The largest absolute Gasteiger partial charge is 0.323 e. The average molecular weight is 339 g/mol. The van der Waals surface area contributed by atoms with Crippen molar-refractivity contribution in [3.8, 4) is 0 Å². The molecule has 0 unspecified atom stereocenters. The number of aromatic nitrogens is 3. The molecule has 0 radical (unpaired) electrons. The van der Waals surface area contributed by atoms with E-state index in [2.05, 4.69) is 41.0 Å². The molecule has 5 heteroatoms. The Kier molecular flexibility index (Phi) is 5.33. The van der Waals surface area contributed by atoms with Gasteiger partial charge in [0.05, 0.1) is 11.9 Å². The van der Waals surface area contributed by atoms with Crippen LogP contribution < -0.4 is 5.32 Å². The number of nitrogens with zero attached hydrogens (tertiary/aromatic N) is 4. The van der Waals surface area contributed by atoms with Crippen LogP contribution in [0, 0.1) is 12.3 Å². The smallest absolute Gasteiger partial charge is 0.150 e. The first-order valence-electron chi connectivity index (χ1n) is 9.14. The Hall–Kier alpha value is -2.01. The summed E-state index contributed by atoms with van der Waals surface area (Å²) >= 11 is 0. The first-order chi connectivity index (χ1) is 11.9. The second kappa shape index (κ2) is 7.48. The topological polar surface area (TPSA) is 53.9 Å².